The molecule has 0 radical (unpaired) electrons. The van der Waals surface area contributed by atoms with Gasteiger partial charge in [0.05, 0.1) is 6.61 Å². The average Bonchev–Trinajstić information content (AvgIpc) is 2.66. The number of carbonyl (C=O) groups is 1. The predicted molar refractivity (Wildman–Crippen MR) is 59.4 cm³/mol. The van der Waals surface area contributed by atoms with Crippen molar-refractivity contribution in [3.63, 3.8) is 0 Å². The number of ether oxygens (including phenoxy) is 1. The molecule has 0 spiro atoms. The summed E-state index contributed by atoms with van der Waals surface area (Å²) >= 11 is 0. The van der Waals surface area contributed by atoms with E-state index in [1.54, 1.807) is 6.92 Å². The molecule has 2 N–H and O–H groups in total. The van der Waals surface area contributed by atoms with Crippen molar-refractivity contribution in [3.05, 3.63) is 0 Å². The Morgan fingerprint density at radius 2 is 2.31 bits per heavy atom. The minimum atomic E-state index is -3.54. The lowest BCUT2D eigenvalue weighted by Crippen LogP contribution is -2.35. The molecule has 1 rings (SSSR count). The number of carbonyl (C=O) groups excluding carboxylic acids is 1. The summed E-state index contributed by atoms with van der Waals surface area (Å²) in [7, 11) is -3.54. The summed E-state index contributed by atoms with van der Waals surface area (Å²) < 4.78 is 29.9. The Labute approximate surface area is 95.8 Å². The first-order valence-corrected chi connectivity index (χ1v) is 7.02. The summed E-state index contributed by atoms with van der Waals surface area (Å²) in [4.78, 5) is 11.0. The molecule has 6 nitrogen and oxygen atoms in total. The van der Waals surface area contributed by atoms with E-state index >= 15 is 0 Å². The molecular formula is C9H18N2O4S. The zero-order chi connectivity index (χ0) is 12.0. The normalized spacial score (nSPS) is 20.9. The Morgan fingerprint density at radius 1 is 1.56 bits per heavy atom. The molecule has 0 aromatic heterocycles. The van der Waals surface area contributed by atoms with Crippen molar-refractivity contribution >= 4 is 16.0 Å². The number of hydrogen-bond acceptors (Lipinski definition) is 5. The lowest BCUT2D eigenvalue weighted by molar-refractivity contribution is -0.139. The van der Waals surface area contributed by atoms with Gasteiger partial charge in [-0.05, 0) is 32.4 Å². The van der Waals surface area contributed by atoms with Crippen molar-refractivity contribution in [2.45, 2.75) is 13.3 Å². The molecule has 0 aliphatic carbocycles. The van der Waals surface area contributed by atoms with Crippen molar-refractivity contribution in [1.82, 2.24) is 10.0 Å². The highest BCUT2D eigenvalue weighted by molar-refractivity contribution is 7.90. The summed E-state index contributed by atoms with van der Waals surface area (Å²) in [5.74, 6) is -0.988. The minimum Gasteiger partial charge on any atom is -0.465 e. The molecule has 0 saturated carbocycles. The summed E-state index contributed by atoms with van der Waals surface area (Å²) in [6.45, 7) is 3.96. The van der Waals surface area contributed by atoms with E-state index in [-0.39, 0.29) is 6.61 Å². The van der Waals surface area contributed by atoms with Crippen LogP contribution in [0.4, 0.5) is 0 Å². The molecule has 1 atom stereocenters. The fraction of sp³-hybridized carbons (Fsp3) is 0.889. The van der Waals surface area contributed by atoms with E-state index in [1.807, 2.05) is 0 Å². The molecule has 0 amide bonds. The van der Waals surface area contributed by atoms with Gasteiger partial charge in [-0.1, -0.05) is 0 Å². The fourth-order valence-corrected chi connectivity index (χ4v) is 2.53. The number of hydrogen-bond donors (Lipinski definition) is 2. The van der Waals surface area contributed by atoms with Crippen LogP contribution in [0, 0.1) is 5.92 Å². The molecule has 0 aromatic carbocycles. The molecule has 1 unspecified atom stereocenters. The van der Waals surface area contributed by atoms with Gasteiger partial charge in [-0.15, -0.1) is 0 Å². The van der Waals surface area contributed by atoms with Crippen molar-refractivity contribution < 1.29 is 17.9 Å². The topological polar surface area (TPSA) is 84.5 Å². The molecule has 1 saturated heterocycles. The van der Waals surface area contributed by atoms with E-state index in [4.69, 9.17) is 0 Å². The van der Waals surface area contributed by atoms with Crippen LogP contribution in [0.5, 0.6) is 0 Å². The monoisotopic (exact) mass is 250 g/mol. The molecular weight excluding hydrogens is 232 g/mol. The molecule has 0 aromatic rings. The predicted octanol–water partition coefficient (Wildman–Crippen LogP) is -0.922. The van der Waals surface area contributed by atoms with Gasteiger partial charge in [0, 0.05) is 6.54 Å². The Bertz CT molecular complexity index is 322. The summed E-state index contributed by atoms with van der Waals surface area (Å²) in [6.07, 6.45) is 0.960. The van der Waals surface area contributed by atoms with Gasteiger partial charge < -0.3 is 10.1 Å². The van der Waals surface area contributed by atoms with Crippen LogP contribution in [0.15, 0.2) is 0 Å². The van der Waals surface area contributed by atoms with E-state index in [9.17, 15) is 13.2 Å². The first kappa shape index (κ1) is 13.4. The second-order valence-corrected chi connectivity index (χ2v) is 5.58. The van der Waals surface area contributed by atoms with E-state index < -0.39 is 21.7 Å². The number of sulfonamides is 1. The Balaban J connectivity index is 2.30. The number of esters is 1. The van der Waals surface area contributed by atoms with E-state index in [0.29, 0.717) is 12.5 Å². The van der Waals surface area contributed by atoms with Gasteiger partial charge in [0.1, 0.15) is 0 Å². The molecule has 7 heteroatoms. The summed E-state index contributed by atoms with van der Waals surface area (Å²) in [6, 6.07) is 0. The van der Waals surface area contributed by atoms with E-state index in [0.717, 1.165) is 19.5 Å². The molecule has 1 heterocycles. The van der Waals surface area contributed by atoms with Gasteiger partial charge in [-0.3, -0.25) is 4.79 Å². The Hall–Kier alpha value is -0.660. The van der Waals surface area contributed by atoms with Gasteiger partial charge >= 0.3 is 5.97 Å². The largest absolute Gasteiger partial charge is 0.465 e. The van der Waals surface area contributed by atoms with Crippen molar-refractivity contribution in [1.29, 1.82) is 0 Å². The highest BCUT2D eigenvalue weighted by Gasteiger charge is 2.20. The van der Waals surface area contributed by atoms with Crippen LogP contribution >= 0.6 is 0 Å². The zero-order valence-electron chi connectivity index (χ0n) is 9.36. The van der Waals surface area contributed by atoms with Crippen LogP contribution in [0.25, 0.3) is 0 Å². The van der Waals surface area contributed by atoms with Crippen molar-refractivity contribution in [3.8, 4) is 0 Å². The maximum atomic E-state index is 11.4. The SMILES string of the molecule is CCOC(=O)CS(=O)(=O)NCC1CCNC1. The van der Waals surface area contributed by atoms with Crippen LogP contribution in [0.2, 0.25) is 0 Å². The van der Waals surface area contributed by atoms with E-state index in [2.05, 4.69) is 14.8 Å². The smallest absolute Gasteiger partial charge is 0.322 e. The maximum absolute atomic E-state index is 11.4. The fourth-order valence-electron chi connectivity index (χ4n) is 1.54. The third kappa shape index (κ3) is 4.91. The first-order chi connectivity index (χ1) is 7.53. The Morgan fingerprint density at radius 3 is 2.88 bits per heavy atom. The number of nitrogens with one attached hydrogen (secondary N) is 2. The van der Waals surface area contributed by atoms with Crippen LogP contribution in [-0.4, -0.2) is 46.4 Å². The molecule has 1 fully saturated rings. The maximum Gasteiger partial charge on any atom is 0.322 e. The highest BCUT2D eigenvalue weighted by Crippen LogP contribution is 2.05. The van der Waals surface area contributed by atoms with Gasteiger partial charge in [0.2, 0.25) is 10.0 Å². The first-order valence-electron chi connectivity index (χ1n) is 5.37. The Kier molecular flexibility index (Phi) is 5.17. The highest BCUT2D eigenvalue weighted by atomic mass is 32.2. The lowest BCUT2D eigenvalue weighted by Gasteiger charge is -2.10. The molecule has 1 aliphatic rings. The average molecular weight is 250 g/mol. The van der Waals surface area contributed by atoms with Gasteiger partial charge in [-0.25, -0.2) is 13.1 Å². The van der Waals surface area contributed by atoms with Crippen LogP contribution in [0.3, 0.4) is 0 Å². The lowest BCUT2D eigenvalue weighted by atomic mass is 10.1. The second kappa shape index (κ2) is 6.17. The molecule has 94 valence electrons. The second-order valence-electron chi connectivity index (χ2n) is 3.77. The summed E-state index contributed by atoms with van der Waals surface area (Å²) in [5, 5.41) is 3.14. The third-order valence-electron chi connectivity index (χ3n) is 2.37. The van der Waals surface area contributed by atoms with Crippen LogP contribution in [0.1, 0.15) is 13.3 Å². The number of rotatable bonds is 6. The molecule has 1 aliphatic heterocycles. The van der Waals surface area contributed by atoms with Gasteiger partial charge in [0.25, 0.3) is 0 Å². The van der Waals surface area contributed by atoms with Crippen molar-refractivity contribution in [2.75, 3.05) is 32.0 Å². The van der Waals surface area contributed by atoms with Gasteiger partial charge in [0.15, 0.2) is 5.75 Å². The quantitative estimate of drug-likeness (QED) is 0.595. The molecule has 16 heavy (non-hydrogen) atoms. The minimum absolute atomic E-state index is 0.195. The molecule has 0 bridgehead atoms. The van der Waals surface area contributed by atoms with E-state index in [1.165, 1.54) is 0 Å². The van der Waals surface area contributed by atoms with Crippen LogP contribution in [-0.2, 0) is 19.6 Å². The van der Waals surface area contributed by atoms with Crippen LogP contribution < -0.4 is 10.0 Å². The van der Waals surface area contributed by atoms with Crippen molar-refractivity contribution in [2.24, 2.45) is 5.92 Å². The zero-order valence-corrected chi connectivity index (χ0v) is 10.2. The standard InChI is InChI=1S/C9H18N2O4S/c1-2-15-9(12)7-16(13,14)11-6-8-3-4-10-5-8/h8,10-11H,2-7H2,1H3. The third-order valence-corrected chi connectivity index (χ3v) is 3.59. The summed E-state index contributed by atoms with van der Waals surface area (Å²) in [5.41, 5.74) is 0. The van der Waals surface area contributed by atoms with Gasteiger partial charge in [-0.2, -0.15) is 0 Å².